The summed E-state index contributed by atoms with van der Waals surface area (Å²) in [4.78, 5) is 10.6. The van der Waals surface area contributed by atoms with Crippen molar-refractivity contribution in [1.82, 2.24) is 4.31 Å². The molecule has 2 aromatic rings. The van der Waals surface area contributed by atoms with E-state index in [1.54, 1.807) is 24.3 Å². The van der Waals surface area contributed by atoms with Crippen molar-refractivity contribution in [2.45, 2.75) is 23.5 Å². The number of aliphatic hydroxyl groups is 1. The highest BCUT2D eigenvalue weighted by molar-refractivity contribution is 7.89. The van der Waals surface area contributed by atoms with E-state index in [4.69, 9.17) is 14.3 Å². The summed E-state index contributed by atoms with van der Waals surface area (Å²) >= 11 is 0. The quantitative estimate of drug-likeness (QED) is 0.777. The molecular formula is C17H19NO7S. The number of ether oxygens (including phenoxy) is 1. The minimum atomic E-state index is -3.71. The second kappa shape index (κ2) is 7.10. The van der Waals surface area contributed by atoms with Gasteiger partial charge in [0.1, 0.15) is 5.75 Å². The predicted octanol–water partition coefficient (Wildman–Crippen LogP) is 1.42. The van der Waals surface area contributed by atoms with Crippen molar-refractivity contribution in [1.29, 1.82) is 0 Å². The third kappa shape index (κ3) is 3.74. The van der Waals surface area contributed by atoms with E-state index in [-0.39, 0.29) is 31.0 Å². The van der Waals surface area contributed by atoms with Crippen LogP contribution in [0.3, 0.4) is 0 Å². The van der Waals surface area contributed by atoms with Gasteiger partial charge in [-0.15, -0.1) is 0 Å². The minimum Gasteiger partial charge on any atom is -0.482 e. The first kappa shape index (κ1) is 18.4. The van der Waals surface area contributed by atoms with Crippen LogP contribution in [0.1, 0.15) is 18.4 Å². The molecule has 3 rings (SSSR count). The van der Waals surface area contributed by atoms with Gasteiger partial charge in [0.05, 0.1) is 11.9 Å². The molecule has 26 heavy (non-hydrogen) atoms. The fourth-order valence-electron chi connectivity index (χ4n) is 2.94. The molecule has 1 aliphatic heterocycles. The summed E-state index contributed by atoms with van der Waals surface area (Å²) in [5.74, 6) is -0.755. The number of hydrogen-bond acceptors (Lipinski definition) is 6. The van der Waals surface area contributed by atoms with Gasteiger partial charge in [-0.25, -0.2) is 13.2 Å². The van der Waals surface area contributed by atoms with Gasteiger partial charge in [-0.3, -0.25) is 0 Å². The number of carbonyl (C=O) groups is 1. The van der Waals surface area contributed by atoms with E-state index in [0.717, 1.165) is 0 Å². The second-order valence-electron chi connectivity index (χ2n) is 6.08. The van der Waals surface area contributed by atoms with E-state index in [1.807, 2.05) is 0 Å². The number of rotatable bonds is 6. The molecule has 0 atom stereocenters. The largest absolute Gasteiger partial charge is 0.482 e. The van der Waals surface area contributed by atoms with Gasteiger partial charge in [0, 0.05) is 13.1 Å². The number of hydrogen-bond donors (Lipinski definition) is 2. The standard InChI is InChI=1S/C17H19NO7S/c19-15(20)12-25-14-4-1-3-13(11-14)17(21)6-8-18(9-7-17)26(22,23)16-5-2-10-24-16/h1-5,10-11,21H,6-9,12H2,(H,19,20). The molecule has 2 N–H and O–H groups in total. The highest BCUT2D eigenvalue weighted by Gasteiger charge is 2.39. The normalized spacial score (nSPS) is 17.7. The molecular weight excluding hydrogens is 362 g/mol. The van der Waals surface area contributed by atoms with Crippen LogP contribution in [0.5, 0.6) is 5.75 Å². The first-order chi connectivity index (χ1) is 12.3. The van der Waals surface area contributed by atoms with Crippen molar-refractivity contribution in [2.24, 2.45) is 0 Å². The minimum absolute atomic E-state index is 0.119. The summed E-state index contributed by atoms with van der Waals surface area (Å²) in [6.07, 6.45) is 1.71. The molecule has 1 aromatic heterocycles. The lowest BCUT2D eigenvalue weighted by atomic mass is 9.85. The topological polar surface area (TPSA) is 117 Å². The van der Waals surface area contributed by atoms with Crippen molar-refractivity contribution < 1.29 is 32.6 Å². The zero-order chi connectivity index (χ0) is 18.8. The number of furan rings is 1. The molecule has 9 heteroatoms. The Hall–Kier alpha value is -2.36. The van der Waals surface area contributed by atoms with Gasteiger partial charge < -0.3 is 19.4 Å². The Balaban J connectivity index is 1.72. The van der Waals surface area contributed by atoms with Crippen LogP contribution in [0, 0.1) is 0 Å². The molecule has 0 radical (unpaired) electrons. The lowest BCUT2D eigenvalue weighted by Crippen LogP contribution is -2.45. The molecule has 140 valence electrons. The summed E-state index contributed by atoms with van der Waals surface area (Å²) in [6.45, 7) is -0.198. The maximum Gasteiger partial charge on any atom is 0.341 e. The Labute approximate surface area is 150 Å². The molecule has 0 aliphatic carbocycles. The fourth-order valence-corrected chi connectivity index (χ4v) is 4.29. The van der Waals surface area contributed by atoms with E-state index in [2.05, 4.69) is 0 Å². The van der Waals surface area contributed by atoms with E-state index in [9.17, 15) is 18.3 Å². The van der Waals surface area contributed by atoms with Crippen LogP contribution in [-0.2, 0) is 20.4 Å². The van der Waals surface area contributed by atoms with E-state index in [0.29, 0.717) is 11.3 Å². The molecule has 1 fully saturated rings. The molecule has 1 aromatic carbocycles. The van der Waals surface area contributed by atoms with Crippen LogP contribution < -0.4 is 4.74 Å². The van der Waals surface area contributed by atoms with Gasteiger partial charge in [-0.2, -0.15) is 4.31 Å². The molecule has 2 heterocycles. The fraction of sp³-hybridized carbons (Fsp3) is 0.353. The first-order valence-corrected chi connectivity index (χ1v) is 9.46. The highest BCUT2D eigenvalue weighted by Crippen LogP contribution is 2.36. The lowest BCUT2D eigenvalue weighted by Gasteiger charge is -2.37. The van der Waals surface area contributed by atoms with Gasteiger partial charge >= 0.3 is 5.97 Å². The average molecular weight is 381 g/mol. The Morgan fingerprint density at radius 1 is 1.23 bits per heavy atom. The third-order valence-electron chi connectivity index (χ3n) is 4.37. The Morgan fingerprint density at radius 2 is 1.96 bits per heavy atom. The number of benzene rings is 1. The summed E-state index contributed by atoms with van der Waals surface area (Å²) < 4.78 is 36.4. The monoisotopic (exact) mass is 381 g/mol. The van der Waals surface area contributed by atoms with Gasteiger partial charge in [-0.05, 0) is 42.7 Å². The number of sulfonamides is 1. The Morgan fingerprint density at radius 3 is 2.58 bits per heavy atom. The van der Waals surface area contributed by atoms with Crippen LogP contribution in [0.4, 0.5) is 0 Å². The van der Waals surface area contributed by atoms with Crippen molar-refractivity contribution >= 4 is 16.0 Å². The SMILES string of the molecule is O=C(O)COc1cccc(C2(O)CCN(S(=O)(=O)c3ccco3)CC2)c1. The van der Waals surface area contributed by atoms with Crippen molar-refractivity contribution in [3.05, 3.63) is 48.2 Å². The maximum absolute atomic E-state index is 12.5. The molecule has 0 amide bonds. The zero-order valence-corrected chi connectivity index (χ0v) is 14.7. The smallest absolute Gasteiger partial charge is 0.341 e. The van der Waals surface area contributed by atoms with E-state index in [1.165, 1.54) is 22.7 Å². The molecule has 0 spiro atoms. The summed E-state index contributed by atoms with van der Waals surface area (Å²) in [7, 11) is -3.71. The first-order valence-electron chi connectivity index (χ1n) is 8.02. The van der Waals surface area contributed by atoms with Crippen molar-refractivity contribution in [3.63, 3.8) is 0 Å². The Bertz CT molecular complexity index is 868. The molecule has 1 saturated heterocycles. The van der Waals surface area contributed by atoms with Gasteiger partial charge in [0.25, 0.3) is 10.0 Å². The summed E-state index contributed by atoms with van der Waals surface area (Å²) in [5.41, 5.74) is -0.645. The van der Waals surface area contributed by atoms with Gasteiger partial charge in [-0.1, -0.05) is 12.1 Å². The zero-order valence-electron chi connectivity index (χ0n) is 13.9. The summed E-state index contributed by atoms with van der Waals surface area (Å²) in [5, 5.41) is 19.5. The molecule has 0 bridgehead atoms. The molecule has 1 aliphatic rings. The molecule has 0 unspecified atom stereocenters. The third-order valence-corrected chi connectivity index (χ3v) is 6.16. The van der Waals surface area contributed by atoms with Crippen LogP contribution in [-0.4, -0.2) is 48.6 Å². The lowest BCUT2D eigenvalue weighted by molar-refractivity contribution is -0.139. The van der Waals surface area contributed by atoms with E-state index < -0.39 is 28.2 Å². The van der Waals surface area contributed by atoms with Crippen LogP contribution in [0.25, 0.3) is 0 Å². The van der Waals surface area contributed by atoms with Gasteiger partial charge in [0.15, 0.2) is 6.61 Å². The number of carboxylic acid groups (broad SMARTS) is 1. The summed E-state index contributed by atoms with van der Waals surface area (Å²) in [6, 6.07) is 9.46. The number of piperidine rings is 1. The van der Waals surface area contributed by atoms with Crippen LogP contribution in [0.2, 0.25) is 0 Å². The maximum atomic E-state index is 12.5. The molecule has 8 nitrogen and oxygen atoms in total. The van der Waals surface area contributed by atoms with E-state index >= 15 is 0 Å². The predicted molar refractivity (Wildman–Crippen MR) is 90.2 cm³/mol. The van der Waals surface area contributed by atoms with Crippen molar-refractivity contribution in [2.75, 3.05) is 19.7 Å². The van der Waals surface area contributed by atoms with Crippen LogP contribution >= 0.6 is 0 Å². The molecule has 0 saturated carbocycles. The average Bonchev–Trinajstić information content (AvgIpc) is 3.16. The number of aliphatic carboxylic acids is 1. The number of carboxylic acids is 1. The highest BCUT2D eigenvalue weighted by atomic mass is 32.2. The van der Waals surface area contributed by atoms with Gasteiger partial charge in [0.2, 0.25) is 5.09 Å². The second-order valence-corrected chi connectivity index (χ2v) is 7.95. The number of nitrogens with zero attached hydrogens (tertiary/aromatic N) is 1. The van der Waals surface area contributed by atoms with Crippen LogP contribution in [0.15, 0.2) is 52.2 Å². The Kier molecular flexibility index (Phi) is 5.03. The van der Waals surface area contributed by atoms with Crippen molar-refractivity contribution in [3.8, 4) is 5.75 Å².